The lowest BCUT2D eigenvalue weighted by molar-refractivity contribution is 0.509. The Morgan fingerprint density at radius 2 is 2.06 bits per heavy atom. The maximum absolute atomic E-state index is 5.92. The van der Waals surface area contributed by atoms with Crippen molar-refractivity contribution in [3.8, 4) is 0 Å². The lowest BCUT2D eigenvalue weighted by Gasteiger charge is -2.00. The zero-order valence-electron chi connectivity index (χ0n) is 10.6. The lowest BCUT2D eigenvalue weighted by Crippen LogP contribution is -2.13. The summed E-state index contributed by atoms with van der Waals surface area (Å²) in [5.74, 6) is 1.04. The molecule has 0 spiro atoms. The third-order valence-electron chi connectivity index (χ3n) is 2.95. The highest BCUT2D eigenvalue weighted by Gasteiger charge is 2.12. The Balaban J connectivity index is 2.39. The average Bonchev–Trinajstić information content (AvgIpc) is 2.58. The largest absolute Gasteiger partial charge is 0.458 e. The van der Waals surface area contributed by atoms with Crippen LogP contribution in [0.2, 0.25) is 0 Å². The van der Waals surface area contributed by atoms with Crippen LogP contribution >= 0.6 is 15.9 Å². The molecule has 1 aromatic heterocycles. The van der Waals surface area contributed by atoms with Gasteiger partial charge in [0.1, 0.15) is 11.3 Å². The van der Waals surface area contributed by atoms with Gasteiger partial charge in [0.05, 0.1) is 11.0 Å². The van der Waals surface area contributed by atoms with E-state index in [1.54, 1.807) is 0 Å². The number of hydrogen-bond acceptors (Lipinski definition) is 2. The molecule has 0 aliphatic carbocycles. The summed E-state index contributed by atoms with van der Waals surface area (Å²) in [5, 5.41) is 4.59. The Kier molecular flexibility index (Phi) is 3.89. The molecule has 0 amide bonds. The van der Waals surface area contributed by atoms with E-state index in [1.165, 1.54) is 16.5 Å². The van der Waals surface area contributed by atoms with Crippen LogP contribution in [0.5, 0.6) is 0 Å². The number of benzene rings is 1. The molecule has 0 radical (unpaired) electrons. The maximum Gasteiger partial charge on any atom is 0.148 e. The molecule has 0 aliphatic heterocycles. The summed E-state index contributed by atoms with van der Waals surface area (Å²) in [6.07, 6.45) is 1.14. The zero-order chi connectivity index (χ0) is 12.4. The Hall–Kier alpha value is -0.800. The van der Waals surface area contributed by atoms with Gasteiger partial charge in [-0.25, -0.2) is 0 Å². The summed E-state index contributed by atoms with van der Waals surface area (Å²) in [7, 11) is 0. The molecule has 92 valence electrons. The maximum atomic E-state index is 5.92. The number of rotatable bonds is 4. The van der Waals surface area contributed by atoms with E-state index in [0.717, 1.165) is 35.3 Å². The van der Waals surface area contributed by atoms with E-state index >= 15 is 0 Å². The van der Waals surface area contributed by atoms with Crippen LogP contribution in [0, 0.1) is 13.8 Å². The van der Waals surface area contributed by atoms with Gasteiger partial charge in [-0.3, -0.25) is 0 Å². The number of nitrogens with one attached hydrogen (secondary N) is 1. The molecular weight excluding hydrogens is 278 g/mol. The van der Waals surface area contributed by atoms with E-state index in [4.69, 9.17) is 4.42 Å². The van der Waals surface area contributed by atoms with E-state index < -0.39 is 0 Å². The highest BCUT2D eigenvalue weighted by atomic mass is 79.9. The minimum absolute atomic E-state index is 0.805. The highest BCUT2D eigenvalue weighted by molar-refractivity contribution is 9.10. The van der Waals surface area contributed by atoms with Crippen LogP contribution in [0.15, 0.2) is 21.0 Å². The number of fused-ring (bicyclic) bond motifs is 1. The quantitative estimate of drug-likeness (QED) is 0.850. The number of aryl methyl sites for hydroxylation is 2. The minimum atomic E-state index is 0.805. The van der Waals surface area contributed by atoms with Gasteiger partial charge in [-0.2, -0.15) is 0 Å². The fraction of sp³-hybridized carbons (Fsp3) is 0.429. The second-order valence-electron chi connectivity index (χ2n) is 4.45. The van der Waals surface area contributed by atoms with Crippen LogP contribution in [0.4, 0.5) is 0 Å². The van der Waals surface area contributed by atoms with Crippen molar-refractivity contribution in [1.29, 1.82) is 0 Å². The fourth-order valence-electron chi connectivity index (χ4n) is 2.01. The van der Waals surface area contributed by atoms with Crippen molar-refractivity contribution >= 4 is 26.9 Å². The van der Waals surface area contributed by atoms with Gasteiger partial charge in [0.15, 0.2) is 0 Å². The second-order valence-corrected chi connectivity index (χ2v) is 5.30. The third kappa shape index (κ3) is 2.55. The first-order valence-electron chi connectivity index (χ1n) is 6.02. The van der Waals surface area contributed by atoms with Gasteiger partial charge in [0.25, 0.3) is 0 Å². The highest BCUT2D eigenvalue weighted by Crippen LogP contribution is 2.32. The molecule has 1 heterocycles. The normalized spacial score (nSPS) is 11.3. The fourth-order valence-corrected chi connectivity index (χ4v) is 2.66. The van der Waals surface area contributed by atoms with Gasteiger partial charge in [-0.05, 0) is 66.0 Å². The summed E-state index contributed by atoms with van der Waals surface area (Å²) >= 11 is 3.56. The van der Waals surface area contributed by atoms with Crippen molar-refractivity contribution in [2.75, 3.05) is 6.54 Å². The van der Waals surface area contributed by atoms with Crippen LogP contribution in [0.1, 0.15) is 30.2 Å². The smallest absolute Gasteiger partial charge is 0.148 e. The third-order valence-corrected chi connectivity index (χ3v) is 3.54. The molecule has 2 nitrogen and oxygen atoms in total. The van der Waals surface area contributed by atoms with E-state index in [0.29, 0.717) is 0 Å². The molecule has 3 heteroatoms. The lowest BCUT2D eigenvalue weighted by atomic mass is 10.1. The van der Waals surface area contributed by atoms with Crippen LogP contribution in [0.3, 0.4) is 0 Å². The minimum Gasteiger partial charge on any atom is -0.458 e. The van der Waals surface area contributed by atoms with Crippen LogP contribution in [-0.4, -0.2) is 6.54 Å². The summed E-state index contributed by atoms with van der Waals surface area (Å²) in [6, 6.07) is 4.27. The van der Waals surface area contributed by atoms with Crippen LogP contribution in [0.25, 0.3) is 11.0 Å². The van der Waals surface area contributed by atoms with Gasteiger partial charge < -0.3 is 9.73 Å². The standard InChI is InChI=1S/C14H18BrNO/c1-4-5-16-8-13-10(3)11-6-9(2)7-12(15)14(11)17-13/h6-7,16H,4-5,8H2,1-3H3. The Morgan fingerprint density at radius 1 is 1.29 bits per heavy atom. The van der Waals surface area contributed by atoms with E-state index in [-0.39, 0.29) is 0 Å². The van der Waals surface area contributed by atoms with Crippen molar-refractivity contribution in [2.45, 2.75) is 33.7 Å². The van der Waals surface area contributed by atoms with E-state index in [2.05, 4.69) is 54.2 Å². The van der Waals surface area contributed by atoms with Crippen LogP contribution in [-0.2, 0) is 6.54 Å². The predicted molar refractivity (Wildman–Crippen MR) is 75.4 cm³/mol. The monoisotopic (exact) mass is 295 g/mol. The second kappa shape index (κ2) is 5.23. The molecule has 0 atom stereocenters. The topological polar surface area (TPSA) is 25.2 Å². The summed E-state index contributed by atoms with van der Waals surface area (Å²) in [6.45, 7) is 8.22. The van der Waals surface area contributed by atoms with Crippen molar-refractivity contribution in [3.05, 3.63) is 33.5 Å². The van der Waals surface area contributed by atoms with Crippen molar-refractivity contribution < 1.29 is 4.42 Å². The van der Waals surface area contributed by atoms with Gasteiger partial charge >= 0.3 is 0 Å². The Morgan fingerprint density at radius 3 is 2.76 bits per heavy atom. The van der Waals surface area contributed by atoms with Gasteiger partial charge in [0, 0.05) is 5.39 Å². The molecule has 0 fully saturated rings. The first-order chi connectivity index (χ1) is 8.13. The molecule has 2 aromatic rings. The average molecular weight is 296 g/mol. The summed E-state index contributed by atoms with van der Waals surface area (Å²) in [5.41, 5.74) is 3.45. The van der Waals surface area contributed by atoms with Gasteiger partial charge in [-0.15, -0.1) is 0 Å². The molecular formula is C14H18BrNO. The summed E-state index contributed by atoms with van der Waals surface area (Å²) < 4.78 is 6.96. The summed E-state index contributed by atoms with van der Waals surface area (Å²) in [4.78, 5) is 0. The Bertz CT molecular complexity index is 530. The molecule has 1 N–H and O–H groups in total. The van der Waals surface area contributed by atoms with E-state index in [1.807, 2.05) is 0 Å². The molecule has 0 saturated carbocycles. The number of halogens is 1. The van der Waals surface area contributed by atoms with E-state index in [9.17, 15) is 0 Å². The first-order valence-corrected chi connectivity index (χ1v) is 6.81. The molecule has 0 unspecified atom stereocenters. The number of furan rings is 1. The zero-order valence-corrected chi connectivity index (χ0v) is 12.1. The molecule has 1 aromatic carbocycles. The molecule has 0 bridgehead atoms. The van der Waals surface area contributed by atoms with Crippen LogP contribution < -0.4 is 5.32 Å². The van der Waals surface area contributed by atoms with Crippen molar-refractivity contribution in [1.82, 2.24) is 5.32 Å². The molecule has 17 heavy (non-hydrogen) atoms. The van der Waals surface area contributed by atoms with Gasteiger partial charge in [-0.1, -0.05) is 6.92 Å². The van der Waals surface area contributed by atoms with Crippen molar-refractivity contribution in [3.63, 3.8) is 0 Å². The van der Waals surface area contributed by atoms with Crippen molar-refractivity contribution in [2.24, 2.45) is 0 Å². The molecule has 0 saturated heterocycles. The number of hydrogen-bond donors (Lipinski definition) is 1. The molecule has 0 aliphatic rings. The predicted octanol–water partition coefficient (Wildman–Crippen LogP) is 4.31. The first kappa shape index (κ1) is 12.7. The van der Waals surface area contributed by atoms with Gasteiger partial charge in [0.2, 0.25) is 0 Å². The SMILES string of the molecule is CCCNCc1oc2c(Br)cc(C)cc2c1C. The Labute approximate surface area is 111 Å². The molecule has 2 rings (SSSR count).